The van der Waals surface area contributed by atoms with E-state index in [2.05, 4.69) is 68.5 Å². The highest BCUT2D eigenvalue weighted by Gasteiger charge is 2.44. The van der Waals surface area contributed by atoms with E-state index in [1.54, 1.807) is 0 Å². The van der Waals surface area contributed by atoms with E-state index in [1.165, 1.54) is 12.1 Å². The van der Waals surface area contributed by atoms with Crippen LogP contribution in [-0.4, -0.2) is 0 Å². The van der Waals surface area contributed by atoms with Crippen LogP contribution in [0.15, 0.2) is 96.8 Å². The molecule has 1 heterocycles. The summed E-state index contributed by atoms with van der Waals surface area (Å²) in [5.41, 5.74) is 4.70. The van der Waals surface area contributed by atoms with Crippen molar-refractivity contribution in [3.63, 3.8) is 0 Å². The van der Waals surface area contributed by atoms with Crippen LogP contribution in [-0.2, 0) is 10.3 Å². The van der Waals surface area contributed by atoms with Crippen LogP contribution in [0, 0.1) is 5.82 Å². The van der Waals surface area contributed by atoms with Crippen molar-refractivity contribution < 1.29 is 9.13 Å². The number of allylic oxidation sites excluding steroid dienone is 2. The van der Waals surface area contributed by atoms with Crippen LogP contribution in [0.1, 0.15) is 49.8 Å². The van der Waals surface area contributed by atoms with E-state index >= 15 is 0 Å². The molecule has 0 aromatic heterocycles. The standard InChI is InChI=1S/C28H27FO/c1-3-4-7-16-25-26(21-12-8-5-9-13-21)27(22-14-10-6-11-15-22)28(2,30-25)23-17-19-24(29)20-18-23/h5-6,8-20H,3-4,7H2,1-2H3/b25-16-. The van der Waals surface area contributed by atoms with E-state index in [4.69, 9.17) is 4.74 Å². The first-order chi connectivity index (χ1) is 14.6. The zero-order valence-electron chi connectivity index (χ0n) is 17.6. The molecule has 0 spiro atoms. The zero-order chi connectivity index (χ0) is 21.0. The Morgan fingerprint density at radius 2 is 1.43 bits per heavy atom. The fourth-order valence-corrected chi connectivity index (χ4v) is 4.15. The summed E-state index contributed by atoms with van der Waals surface area (Å²) in [5, 5.41) is 0. The van der Waals surface area contributed by atoms with Gasteiger partial charge in [-0.05, 0) is 54.7 Å². The highest BCUT2D eigenvalue weighted by Crippen LogP contribution is 2.53. The molecule has 4 rings (SSSR count). The lowest BCUT2D eigenvalue weighted by Gasteiger charge is -2.29. The predicted octanol–water partition coefficient (Wildman–Crippen LogP) is 7.76. The van der Waals surface area contributed by atoms with Gasteiger partial charge in [0.15, 0.2) is 5.60 Å². The van der Waals surface area contributed by atoms with Crippen LogP contribution in [0.3, 0.4) is 0 Å². The van der Waals surface area contributed by atoms with Crippen molar-refractivity contribution >= 4 is 11.1 Å². The normalized spacial score (nSPS) is 19.9. The topological polar surface area (TPSA) is 9.23 Å². The Hall–Kier alpha value is -3.13. The summed E-state index contributed by atoms with van der Waals surface area (Å²) in [4.78, 5) is 0. The molecule has 2 heteroatoms. The highest BCUT2D eigenvalue weighted by molar-refractivity contribution is 6.03. The van der Waals surface area contributed by atoms with E-state index in [0.29, 0.717) is 0 Å². The molecule has 0 N–H and O–H groups in total. The van der Waals surface area contributed by atoms with Gasteiger partial charge in [-0.3, -0.25) is 0 Å². The van der Waals surface area contributed by atoms with Crippen LogP contribution >= 0.6 is 0 Å². The second-order valence-electron chi connectivity index (χ2n) is 7.83. The van der Waals surface area contributed by atoms with E-state index in [1.807, 2.05) is 24.3 Å². The van der Waals surface area contributed by atoms with Crippen molar-refractivity contribution in [1.82, 2.24) is 0 Å². The molecule has 30 heavy (non-hydrogen) atoms. The zero-order valence-corrected chi connectivity index (χ0v) is 17.6. The SMILES string of the molecule is CCCC/C=C1\OC(C)(c2ccc(F)cc2)C(c2ccccc2)=C1c1ccccc1. The Bertz CT molecular complexity index is 1050. The Morgan fingerprint density at radius 3 is 2.03 bits per heavy atom. The molecular formula is C28H27FO. The molecule has 152 valence electrons. The lowest BCUT2D eigenvalue weighted by atomic mass is 9.81. The number of benzene rings is 3. The van der Waals surface area contributed by atoms with Gasteiger partial charge in [0.25, 0.3) is 0 Å². The first-order valence-electron chi connectivity index (χ1n) is 10.6. The van der Waals surface area contributed by atoms with Gasteiger partial charge in [0.05, 0.1) is 0 Å². The molecule has 1 atom stereocenters. The number of rotatable bonds is 6. The molecule has 3 aromatic carbocycles. The summed E-state index contributed by atoms with van der Waals surface area (Å²) in [5.74, 6) is 0.660. The summed E-state index contributed by atoms with van der Waals surface area (Å²) < 4.78 is 20.4. The van der Waals surface area contributed by atoms with Crippen LogP contribution in [0.5, 0.6) is 0 Å². The van der Waals surface area contributed by atoms with Gasteiger partial charge in [0.2, 0.25) is 0 Å². The molecule has 3 aromatic rings. The quantitative estimate of drug-likeness (QED) is 0.386. The second-order valence-corrected chi connectivity index (χ2v) is 7.83. The molecule has 1 nitrogen and oxygen atoms in total. The molecule has 0 radical (unpaired) electrons. The van der Waals surface area contributed by atoms with Gasteiger partial charge in [0, 0.05) is 11.1 Å². The van der Waals surface area contributed by atoms with Gasteiger partial charge in [0.1, 0.15) is 11.6 Å². The monoisotopic (exact) mass is 398 g/mol. The van der Waals surface area contributed by atoms with Crippen LogP contribution < -0.4 is 0 Å². The highest BCUT2D eigenvalue weighted by atomic mass is 19.1. The minimum Gasteiger partial charge on any atom is -0.478 e. The van der Waals surface area contributed by atoms with Crippen molar-refractivity contribution in [2.24, 2.45) is 0 Å². The minimum absolute atomic E-state index is 0.243. The average molecular weight is 399 g/mol. The molecule has 1 aliphatic heterocycles. The molecular weight excluding hydrogens is 371 g/mol. The maximum atomic E-state index is 13.7. The molecule has 1 unspecified atom stereocenters. The molecule has 0 amide bonds. The van der Waals surface area contributed by atoms with Crippen LogP contribution in [0.4, 0.5) is 4.39 Å². The van der Waals surface area contributed by atoms with Gasteiger partial charge in [-0.1, -0.05) is 86.1 Å². The van der Waals surface area contributed by atoms with Gasteiger partial charge >= 0.3 is 0 Å². The molecule has 1 aliphatic rings. The number of halogens is 1. The van der Waals surface area contributed by atoms with Crippen molar-refractivity contribution in [2.75, 3.05) is 0 Å². The molecule has 0 aliphatic carbocycles. The van der Waals surface area contributed by atoms with E-state index in [9.17, 15) is 4.39 Å². The van der Waals surface area contributed by atoms with Crippen molar-refractivity contribution in [1.29, 1.82) is 0 Å². The minimum atomic E-state index is -0.710. The number of hydrogen-bond acceptors (Lipinski definition) is 1. The lowest BCUT2D eigenvalue weighted by molar-refractivity contribution is 0.0914. The molecule has 0 bridgehead atoms. The smallest absolute Gasteiger partial charge is 0.158 e. The Morgan fingerprint density at radius 1 is 0.833 bits per heavy atom. The van der Waals surface area contributed by atoms with Crippen LogP contribution in [0.2, 0.25) is 0 Å². The van der Waals surface area contributed by atoms with Gasteiger partial charge in [-0.15, -0.1) is 0 Å². The summed E-state index contributed by atoms with van der Waals surface area (Å²) >= 11 is 0. The van der Waals surface area contributed by atoms with Gasteiger partial charge in [-0.2, -0.15) is 0 Å². The van der Waals surface area contributed by atoms with Crippen molar-refractivity contribution in [3.8, 4) is 0 Å². The maximum absolute atomic E-state index is 13.7. The lowest BCUT2D eigenvalue weighted by Crippen LogP contribution is -2.23. The largest absolute Gasteiger partial charge is 0.478 e. The van der Waals surface area contributed by atoms with Crippen molar-refractivity contribution in [2.45, 2.75) is 38.7 Å². The third-order valence-corrected chi connectivity index (χ3v) is 5.69. The fraction of sp³-hybridized carbons (Fsp3) is 0.214. The molecule has 0 fully saturated rings. The fourth-order valence-electron chi connectivity index (χ4n) is 4.15. The summed E-state index contributed by atoms with van der Waals surface area (Å²) in [7, 11) is 0. The average Bonchev–Trinajstić information content (AvgIpc) is 3.09. The van der Waals surface area contributed by atoms with Crippen LogP contribution in [0.25, 0.3) is 11.1 Å². The van der Waals surface area contributed by atoms with E-state index in [-0.39, 0.29) is 5.82 Å². The number of ether oxygens (including phenoxy) is 1. The number of unbranched alkanes of at least 4 members (excludes halogenated alkanes) is 2. The Balaban J connectivity index is 1.98. The molecule has 0 saturated heterocycles. The first kappa shape index (κ1) is 20.2. The van der Waals surface area contributed by atoms with E-state index in [0.717, 1.165) is 52.9 Å². The summed E-state index contributed by atoms with van der Waals surface area (Å²) in [6.45, 7) is 4.28. The van der Waals surface area contributed by atoms with Gasteiger partial charge in [-0.25, -0.2) is 4.39 Å². The molecule has 0 saturated carbocycles. The Labute approximate surface area is 178 Å². The van der Waals surface area contributed by atoms with E-state index < -0.39 is 5.60 Å². The predicted molar refractivity (Wildman–Crippen MR) is 122 cm³/mol. The maximum Gasteiger partial charge on any atom is 0.158 e. The Kier molecular flexibility index (Phi) is 5.85. The third-order valence-electron chi connectivity index (χ3n) is 5.69. The van der Waals surface area contributed by atoms with Gasteiger partial charge < -0.3 is 4.74 Å². The third kappa shape index (κ3) is 3.82. The summed E-state index contributed by atoms with van der Waals surface area (Å²) in [6, 6.07) is 27.5. The summed E-state index contributed by atoms with van der Waals surface area (Å²) in [6.07, 6.45) is 5.42. The van der Waals surface area contributed by atoms with Crippen molar-refractivity contribution in [3.05, 3.63) is 119 Å². The number of hydrogen-bond donors (Lipinski definition) is 0. The first-order valence-corrected chi connectivity index (χ1v) is 10.6. The second kappa shape index (κ2) is 8.71.